The normalized spacial score (nSPS) is 20.9. The first-order valence-electron chi connectivity index (χ1n) is 10.4. The molecule has 1 spiro atoms. The van der Waals surface area contributed by atoms with Crippen molar-refractivity contribution in [3.05, 3.63) is 59.2 Å². The van der Waals surface area contributed by atoms with E-state index in [4.69, 9.17) is 9.47 Å². The molecule has 8 nitrogen and oxygen atoms in total. The van der Waals surface area contributed by atoms with Crippen LogP contribution in [-0.4, -0.2) is 47.5 Å². The summed E-state index contributed by atoms with van der Waals surface area (Å²) in [5, 5.41) is 2.86. The van der Waals surface area contributed by atoms with Gasteiger partial charge >= 0.3 is 6.03 Å². The minimum Gasteiger partial charge on any atom is -0.454 e. The van der Waals surface area contributed by atoms with Gasteiger partial charge in [-0.25, -0.2) is 4.79 Å². The Kier molecular flexibility index (Phi) is 4.57. The third kappa shape index (κ3) is 3.10. The minimum absolute atomic E-state index is 0.187. The lowest BCUT2D eigenvalue weighted by atomic mass is 9.92. The van der Waals surface area contributed by atoms with Crippen molar-refractivity contribution in [1.29, 1.82) is 0 Å². The number of hydrogen-bond acceptors (Lipinski definition) is 5. The van der Waals surface area contributed by atoms with Crippen molar-refractivity contribution in [3.8, 4) is 11.5 Å². The number of rotatable bonds is 5. The van der Waals surface area contributed by atoms with Crippen LogP contribution in [0.15, 0.2) is 42.5 Å². The fourth-order valence-corrected chi connectivity index (χ4v) is 4.60. The van der Waals surface area contributed by atoms with Gasteiger partial charge in [-0.1, -0.05) is 30.3 Å². The van der Waals surface area contributed by atoms with E-state index in [9.17, 15) is 14.4 Å². The summed E-state index contributed by atoms with van der Waals surface area (Å²) in [7, 11) is 0. The molecule has 0 bridgehead atoms. The molecule has 1 saturated heterocycles. The van der Waals surface area contributed by atoms with Crippen LogP contribution in [0.4, 0.5) is 4.79 Å². The Morgan fingerprint density at radius 1 is 1.16 bits per heavy atom. The standard InChI is InChI=1S/C23H23N3O5/c1-2-25(12-15-7-8-18-19(11-15)31-14-30-18)20(27)13-26-21(28)23(24-22(26)29)10-9-16-5-3-4-6-17(16)23/h3-8,11H,2,9-10,12-14H2,1H3,(H,24,29)/t23-/m0/s1. The van der Waals surface area contributed by atoms with E-state index < -0.39 is 11.6 Å². The first-order chi connectivity index (χ1) is 15.0. The van der Waals surface area contributed by atoms with E-state index in [1.165, 1.54) is 0 Å². The second-order valence-electron chi connectivity index (χ2n) is 7.98. The Morgan fingerprint density at radius 2 is 1.97 bits per heavy atom. The van der Waals surface area contributed by atoms with Crippen molar-refractivity contribution in [3.63, 3.8) is 0 Å². The summed E-state index contributed by atoms with van der Waals surface area (Å²) in [6.45, 7) is 2.57. The van der Waals surface area contributed by atoms with Crippen molar-refractivity contribution in [2.24, 2.45) is 0 Å². The molecule has 160 valence electrons. The van der Waals surface area contributed by atoms with Crippen molar-refractivity contribution in [2.75, 3.05) is 19.9 Å². The summed E-state index contributed by atoms with van der Waals surface area (Å²) in [4.78, 5) is 41.6. The first kappa shape index (κ1) is 19.4. The summed E-state index contributed by atoms with van der Waals surface area (Å²) in [5.74, 6) is 0.693. The molecule has 4 amide bonds. The van der Waals surface area contributed by atoms with Crippen molar-refractivity contribution in [2.45, 2.75) is 31.8 Å². The van der Waals surface area contributed by atoms with Gasteiger partial charge in [-0.3, -0.25) is 14.5 Å². The van der Waals surface area contributed by atoms with E-state index in [1.807, 2.05) is 49.4 Å². The number of benzene rings is 2. The second-order valence-corrected chi connectivity index (χ2v) is 7.98. The number of aryl methyl sites for hydroxylation is 1. The van der Waals surface area contributed by atoms with E-state index >= 15 is 0 Å². The fraction of sp³-hybridized carbons (Fsp3) is 0.348. The molecule has 3 aliphatic rings. The molecule has 8 heteroatoms. The fourth-order valence-electron chi connectivity index (χ4n) is 4.60. The van der Waals surface area contributed by atoms with Crippen molar-refractivity contribution >= 4 is 17.8 Å². The summed E-state index contributed by atoms with van der Waals surface area (Å²) in [5.41, 5.74) is 1.72. The van der Waals surface area contributed by atoms with Gasteiger partial charge in [0, 0.05) is 13.1 Å². The smallest absolute Gasteiger partial charge is 0.325 e. The number of fused-ring (bicyclic) bond motifs is 3. The molecule has 0 unspecified atom stereocenters. The monoisotopic (exact) mass is 421 g/mol. The Morgan fingerprint density at radius 3 is 2.81 bits per heavy atom. The van der Waals surface area contributed by atoms with Gasteiger partial charge in [-0.05, 0) is 48.6 Å². The van der Waals surface area contributed by atoms with E-state index in [0.717, 1.165) is 28.0 Å². The molecule has 0 aromatic heterocycles. The lowest BCUT2D eigenvalue weighted by molar-refractivity contribution is -0.139. The number of carbonyl (C=O) groups is 3. The van der Waals surface area contributed by atoms with Crippen LogP contribution in [-0.2, 0) is 28.1 Å². The predicted molar refractivity (Wildman–Crippen MR) is 110 cm³/mol. The Balaban J connectivity index is 1.31. The molecule has 31 heavy (non-hydrogen) atoms. The van der Waals surface area contributed by atoms with E-state index in [-0.39, 0.29) is 25.2 Å². The van der Waals surface area contributed by atoms with Crippen LogP contribution in [0.25, 0.3) is 0 Å². The van der Waals surface area contributed by atoms with Gasteiger partial charge in [0.1, 0.15) is 12.1 Å². The number of likely N-dealkylation sites (N-methyl/N-ethyl adjacent to an activating group) is 1. The maximum absolute atomic E-state index is 13.3. The second kappa shape index (κ2) is 7.30. The average molecular weight is 421 g/mol. The molecule has 1 N–H and O–H groups in total. The lowest BCUT2D eigenvalue weighted by Crippen LogP contribution is -2.44. The van der Waals surface area contributed by atoms with Gasteiger partial charge in [0.25, 0.3) is 5.91 Å². The Labute approximate surface area is 179 Å². The largest absolute Gasteiger partial charge is 0.454 e. The van der Waals surface area contributed by atoms with Gasteiger partial charge in [0.2, 0.25) is 12.7 Å². The lowest BCUT2D eigenvalue weighted by Gasteiger charge is -2.25. The van der Waals surface area contributed by atoms with Crippen LogP contribution in [0.3, 0.4) is 0 Å². The highest BCUT2D eigenvalue weighted by Crippen LogP contribution is 2.41. The maximum Gasteiger partial charge on any atom is 0.325 e. The van der Waals surface area contributed by atoms with Crippen molar-refractivity contribution in [1.82, 2.24) is 15.1 Å². The molecule has 2 aromatic rings. The Bertz CT molecular complexity index is 1080. The molecule has 2 aliphatic heterocycles. The predicted octanol–water partition coefficient (Wildman–Crippen LogP) is 2.16. The Hall–Kier alpha value is -3.55. The third-order valence-electron chi connectivity index (χ3n) is 6.26. The third-order valence-corrected chi connectivity index (χ3v) is 6.26. The highest BCUT2D eigenvalue weighted by molar-refractivity contribution is 6.09. The minimum atomic E-state index is -1.05. The van der Waals surface area contributed by atoms with Crippen LogP contribution in [0.2, 0.25) is 0 Å². The molecule has 0 radical (unpaired) electrons. The molecular formula is C23H23N3O5. The number of amides is 4. The molecule has 1 aliphatic carbocycles. The zero-order chi connectivity index (χ0) is 21.6. The summed E-state index contributed by atoms with van der Waals surface area (Å²) in [6.07, 6.45) is 1.23. The number of ether oxygens (including phenoxy) is 2. The molecular weight excluding hydrogens is 398 g/mol. The van der Waals surface area contributed by atoms with E-state index in [2.05, 4.69) is 5.32 Å². The first-order valence-corrected chi connectivity index (χ1v) is 10.4. The number of nitrogens with zero attached hydrogens (tertiary/aromatic N) is 2. The van der Waals surface area contributed by atoms with Crippen LogP contribution in [0.5, 0.6) is 11.5 Å². The van der Waals surface area contributed by atoms with Crippen molar-refractivity contribution < 1.29 is 23.9 Å². The number of carbonyl (C=O) groups excluding carboxylic acids is 3. The molecule has 2 heterocycles. The SMILES string of the molecule is CCN(Cc1ccc2c(c1)OCO2)C(=O)CN1C(=O)N[C@]2(CCc3ccccc32)C1=O. The summed E-state index contributed by atoms with van der Waals surface area (Å²) < 4.78 is 10.7. The zero-order valence-corrected chi connectivity index (χ0v) is 17.2. The van der Waals surface area contributed by atoms with Gasteiger partial charge in [0.05, 0.1) is 0 Å². The molecule has 1 fully saturated rings. The zero-order valence-electron chi connectivity index (χ0n) is 17.2. The number of imide groups is 1. The van der Waals surface area contributed by atoms with E-state index in [1.54, 1.807) is 4.90 Å². The van der Waals surface area contributed by atoms with Gasteiger partial charge in [0.15, 0.2) is 11.5 Å². The molecule has 1 atom stereocenters. The molecule has 2 aromatic carbocycles. The number of hydrogen-bond donors (Lipinski definition) is 1. The molecule has 0 saturated carbocycles. The van der Waals surface area contributed by atoms with Crippen LogP contribution >= 0.6 is 0 Å². The highest BCUT2D eigenvalue weighted by atomic mass is 16.7. The van der Waals surface area contributed by atoms with Gasteiger partial charge in [-0.2, -0.15) is 0 Å². The summed E-state index contributed by atoms with van der Waals surface area (Å²) >= 11 is 0. The topological polar surface area (TPSA) is 88.2 Å². The van der Waals surface area contributed by atoms with E-state index in [0.29, 0.717) is 31.0 Å². The van der Waals surface area contributed by atoms with Crippen LogP contribution < -0.4 is 14.8 Å². The highest BCUT2D eigenvalue weighted by Gasteiger charge is 2.55. The average Bonchev–Trinajstić information content (AvgIpc) is 3.45. The van der Waals surface area contributed by atoms with Gasteiger partial charge in [-0.15, -0.1) is 0 Å². The van der Waals surface area contributed by atoms with Crippen LogP contribution in [0, 0.1) is 0 Å². The van der Waals surface area contributed by atoms with Crippen LogP contribution in [0.1, 0.15) is 30.0 Å². The summed E-state index contributed by atoms with van der Waals surface area (Å²) in [6, 6.07) is 12.7. The molecule has 5 rings (SSSR count). The quantitative estimate of drug-likeness (QED) is 0.748. The number of urea groups is 1. The maximum atomic E-state index is 13.3. The number of nitrogens with one attached hydrogen (secondary N) is 1. The van der Waals surface area contributed by atoms with Gasteiger partial charge < -0.3 is 19.7 Å².